The van der Waals surface area contributed by atoms with Crippen molar-refractivity contribution in [1.29, 1.82) is 0 Å². The fraction of sp³-hybridized carbons (Fsp3) is 0.727. The van der Waals surface area contributed by atoms with Crippen molar-refractivity contribution in [2.75, 3.05) is 13.1 Å². The maximum atomic E-state index is 5.91. The molecule has 4 nitrogen and oxygen atoms in total. The highest BCUT2D eigenvalue weighted by Crippen LogP contribution is 2.20. The first kappa shape index (κ1) is 13.5. The van der Waals surface area contributed by atoms with Gasteiger partial charge in [0.2, 0.25) is 0 Å². The van der Waals surface area contributed by atoms with Crippen LogP contribution < -0.4 is 5.73 Å². The highest BCUT2D eigenvalue weighted by Gasteiger charge is 2.21. The number of aromatic nitrogens is 2. The lowest BCUT2D eigenvalue weighted by Crippen LogP contribution is -2.39. The second-order valence-electron chi connectivity index (χ2n) is 4.55. The molecule has 1 aliphatic rings. The van der Waals surface area contributed by atoms with E-state index in [4.69, 9.17) is 5.73 Å². The van der Waals surface area contributed by atoms with E-state index in [2.05, 4.69) is 22.0 Å². The molecule has 0 radical (unpaired) electrons. The van der Waals surface area contributed by atoms with Gasteiger partial charge in [-0.3, -0.25) is 10.00 Å². The van der Waals surface area contributed by atoms with Crippen LogP contribution in [-0.4, -0.2) is 34.2 Å². The Balaban J connectivity index is 0.00000128. The first-order valence-electron chi connectivity index (χ1n) is 5.72. The number of rotatable bonds is 3. The molecule has 5 heteroatoms. The number of nitrogens with zero attached hydrogens (tertiary/aromatic N) is 2. The summed E-state index contributed by atoms with van der Waals surface area (Å²) in [5.41, 5.74) is 7.12. The van der Waals surface area contributed by atoms with E-state index in [1.54, 1.807) is 0 Å². The van der Waals surface area contributed by atoms with Crippen molar-refractivity contribution in [3.63, 3.8) is 0 Å². The Morgan fingerprint density at radius 2 is 2.25 bits per heavy atom. The molecular formula is C11H21ClN4. The minimum absolute atomic E-state index is 0. The number of piperidine rings is 1. The van der Waals surface area contributed by atoms with E-state index < -0.39 is 0 Å². The Bertz CT molecular complexity index is 278. The number of halogens is 1. The normalized spacial score (nSPS) is 20.4. The van der Waals surface area contributed by atoms with Gasteiger partial charge < -0.3 is 5.73 Å². The molecule has 0 amide bonds. The third-order valence-electron chi connectivity index (χ3n) is 3.33. The number of nitrogens with two attached hydrogens (primary N) is 1. The molecule has 0 aromatic carbocycles. The van der Waals surface area contributed by atoms with Crippen molar-refractivity contribution in [3.8, 4) is 0 Å². The van der Waals surface area contributed by atoms with Crippen molar-refractivity contribution in [3.05, 3.63) is 18.0 Å². The van der Waals surface area contributed by atoms with Gasteiger partial charge in [-0.15, -0.1) is 12.4 Å². The van der Waals surface area contributed by atoms with E-state index in [-0.39, 0.29) is 12.4 Å². The molecule has 1 fully saturated rings. The summed E-state index contributed by atoms with van der Waals surface area (Å²) in [4.78, 5) is 2.46. The highest BCUT2D eigenvalue weighted by molar-refractivity contribution is 5.85. The molecule has 1 unspecified atom stereocenters. The molecule has 2 rings (SSSR count). The van der Waals surface area contributed by atoms with Gasteiger partial charge in [0, 0.05) is 24.5 Å². The summed E-state index contributed by atoms with van der Waals surface area (Å²) in [5, 5.41) is 6.96. The Morgan fingerprint density at radius 1 is 1.56 bits per heavy atom. The summed E-state index contributed by atoms with van der Waals surface area (Å²) in [6.07, 6.45) is 4.27. The van der Waals surface area contributed by atoms with Gasteiger partial charge in [0.15, 0.2) is 0 Å². The van der Waals surface area contributed by atoms with Crippen LogP contribution in [0.2, 0.25) is 0 Å². The van der Waals surface area contributed by atoms with E-state index in [1.165, 1.54) is 18.5 Å². The standard InChI is InChI=1S/C11H20N4.ClH/c1-9(12)10-3-6-15(7-4-10)8-11-2-5-13-14-11;/h2,5,9-10H,3-4,6-8,12H2,1H3,(H,13,14);1H. The highest BCUT2D eigenvalue weighted by atomic mass is 35.5. The molecule has 1 atom stereocenters. The summed E-state index contributed by atoms with van der Waals surface area (Å²) in [5.74, 6) is 0.711. The average molecular weight is 245 g/mol. The SMILES string of the molecule is CC(N)C1CCN(Cc2ccn[nH]2)CC1.Cl. The van der Waals surface area contributed by atoms with Gasteiger partial charge in [-0.05, 0) is 44.8 Å². The predicted molar refractivity (Wildman–Crippen MR) is 67.5 cm³/mol. The van der Waals surface area contributed by atoms with E-state index in [1.807, 2.05) is 12.3 Å². The van der Waals surface area contributed by atoms with Gasteiger partial charge in [0.1, 0.15) is 0 Å². The lowest BCUT2D eigenvalue weighted by Gasteiger charge is -2.33. The second kappa shape index (κ2) is 6.23. The van der Waals surface area contributed by atoms with Crippen LogP contribution in [0, 0.1) is 5.92 Å². The molecule has 1 aromatic heterocycles. The molecule has 92 valence electrons. The van der Waals surface area contributed by atoms with Gasteiger partial charge in [-0.25, -0.2) is 0 Å². The van der Waals surface area contributed by atoms with E-state index in [9.17, 15) is 0 Å². The van der Waals surface area contributed by atoms with Crippen molar-refractivity contribution >= 4 is 12.4 Å². The van der Waals surface area contributed by atoms with Gasteiger partial charge >= 0.3 is 0 Å². The molecular weight excluding hydrogens is 224 g/mol. The van der Waals surface area contributed by atoms with E-state index in [0.29, 0.717) is 12.0 Å². The Morgan fingerprint density at radius 3 is 2.75 bits per heavy atom. The Kier molecular flexibility index (Phi) is 5.25. The first-order valence-corrected chi connectivity index (χ1v) is 5.72. The number of hydrogen-bond donors (Lipinski definition) is 2. The number of hydrogen-bond acceptors (Lipinski definition) is 3. The zero-order valence-electron chi connectivity index (χ0n) is 9.72. The summed E-state index contributed by atoms with van der Waals surface area (Å²) in [6, 6.07) is 2.39. The monoisotopic (exact) mass is 244 g/mol. The minimum atomic E-state index is 0. The van der Waals surface area contributed by atoms with E-state index in [0.717, 1.165) is 19.6 Å². The predicted octanol–water partition coefficient (Wildman–Crippen LogP) is 1.39. The molecule has 1 aromatic rings. The molecule has 0 spiro atoms. The summed E-state index contributed by atoms with van der Waals surface area (Å²) in [7, 11) is 0. The molecule has 1 saturated heterocycles. The van der Waals surface area contributed by atoms with Crippen LogP contribution in [0.15, 0.2) is 12.3 Å². The zero-order valence-corrected chi connectivity index (χ0v) is 10.5. The van der Waals surface area contributed by atoms with Gasteiger partial charge in [0.05, 0.1) is 0 Å². The quantitative estimate of drug-likeness (QED) is 0.845. The summed E-state index contributed by atoms with van der Waals surface area (Å²) in [6.45, 7) is 5.43. The molecule has 16 heavy (non-hydrogen) atoms. The van der Waals surface area contributed by atoms with Crippen LogP contribution in [0.3, 0.4) is 0 Å². The number of nitrogens with one attached hydrogen (secondary N) is 1. The molecule has 3 N–H and O–H groups in total. The van der Waals surface area contributed by atoms with Crippen molar-refractivity contribution in [2.45, 2.75) is 32.4 Å². The van der Waals surface area contributed by atoms with Crippen molar-refractivity contribution < 1.29 is 0 Å². The van der Waals surface area contributed by atoms with Gasteiger partial charge in [-0.1, -0.05) is 0 Å². The van der Waals surface area contributed by atoms with Crippen LogP contribution in [0.25, 0.3) is 0 Å². The Hall–Kier alpha value is -0.580. The number of H-pyrrole nitrogens is 1. The van der Waals surface area contributed by atoms with Crippen molar-refractivity contribution in [2.24, 2.45) is 11.7 Å². The number of likely N-dealkylation sites (tertiary alicyclic amines) is 1. The zero-order chi connectivity index (χ0) is 10.7. The fourth-order valence-corrected chi connectivity index (χ4v) is 2.25. The van der Waals surface area contributed by atoms with Crippen LogP contribution in [0.5, 0.6) is 0 Å². The van der Waals surface area contributed by atoms with E-state index >= 15 is 0 Å². The van der Waals surface area contributed by atoms with Crippen LogP contribution >= 0.6 is 12.4 Å². The van der Waals surface area contributed by atoms with Crippen LogP contribution in [0.1, 0.15) is 25.5 Å². The molecule has 0 bridgehead atoms. The summed E-state index contributed by atoms with van der Waals surface area (Å²) >= 11 is 0. The lowest BCUT2D eigenvalue weighted by atomic mass is 9.91. The average Bonchev–Trinajstić information content (AvgIpc) is 2.71. The second-order valence-corrected chi connectivity index (χ2v) is 4.55. The molecule has 1 aliphatic heterocycles. The van der Waals surface area contributed by atoms with Gasteiger partial charge in [0.25, 0.3) is 0 Å². The Labute approximate surface area is 103 Å². The molecule has 0 saturated carbocycles. The van der Waals surface area contributed by atoms with Crippen molar-refractivity contribution in [1.82, 2.24) is 15.1 Å². The van der Waals surface area contributed by atoms with Gasteiger partial charge in [-0.2, -0.15) is 5.10 Å². The smallest absolute Gasteiger partial charge is 0.0492 e. The minimum Gasteiger partial charge on any atom is -0.328 e. The number of aromatic amines is 1. The fourth-order valence-electron chi connectivity index (χ4n) is 2.25. The largest absolute Gasteiger partial charge is 0.328 e. The van der Waals surface area contributed by atoms with Crippen LogP contribution in [0.4, 0.5) is 0 Å². The summed E-state index contributed by atoms with van der Waals surface area (Å²) < 4.78 is 0. The maximum Gasteiger partial charge on any atom is 0.0492 e. The topological polar surface area (TPSA) is 57.9 Å². The first-order chi connectivity index (χ1) is 7.25. The van der Waals surface area contributed by atoms with Crippen LogP contribution in [-0.2, 0) is 6.54 Å². The molecule has 2 heterocycles. The molecule has 0 aliphatic carbocycles. The third kappa shape index (κ3) is 3.47. The lowest BCUT2D eigenvalue weighted by molar-refractivity contribution is 0.164. The maximum absolute atomic E-state index is 5.91. The third-order valence-corrected chi connectivity index (χ3v) is 3.33.